The first-order valence-corrected chi connectivity index (χ1v) is 7.89. The van der Waals surface area contributed by atoms with Crippen molar-refractivity contribution in [2.75, 3.05) is 18.4 Å². The van der Waals surface area contributed by atoms with Gasteiger partial charge in [0.1, 0.15) is 0 Å². The highest BCUT2D eigenvalue weighted by Gasteiger charge is 2.21. The molecule has 0 aromatic heterocycles. The van der Waals surface area contributed by atoms with E-state index in [0.29, 0.717) is 11.1 Å². The summed E-state index contributed by atoms with van der Waals surface area (Å²) in [6, 6.07) is 3.42. The van der Waals surface area contributed by atoms with E-state index in [9.17, 15) is 17.2 Å². The summed E-state index contributed by atoms with van der Waals surface area (Å²) in [5.41, 5.74) is 1.89. The third-order valence-corrected chi connectivity index (χ3v) is 4.46. The summed E-state index contributed by atoms with van der Waals surface area (Å²) < 4.78 is 50.3. The Morgan fingerprint density at radius 2 is 1.75 bits per heavy atom. The summed E-state index contributed by atoms with van der Waals surface area (Å²) in [5.74, 6) is 0. The van der Waals surface area contributed by atoms with Gasteiger partial charge in [0.15, 0.2) is 0 Å². The Bertz CT molecular complexity index is 536. The van der Waals surface area contributed by atoms with E-state index in [4.69, 9.17) is 0 Å². The minimum absolute atomic E-state index is 0.0696. The zero-order chi connectivity index (χ0) is 15.3. The normalized spacial score (nSPS) is 11.9. The molecule has 114 valence electrons. The topological polar surface area (TPSA) is 58.2 Å². The van der Waals surface area contributed by atoms with Crippen molar-refractivity contribution in [3.05, 3.63) is 23.3 Å². The zero-order valence-electron chi connectivity index (χ0n) is 11.8. The van der Waals surface area contributed by atoms with Gasteiger partial charge < -0.3 is 5.32 Å². The van der Waals surface area contributed by atoms with E-state index in [1.54, 1.807) is 26.0 Å². The van der Waals surface area contributed by atoms with Gasteiger partial charge in [-0.15, -0.1) is 0 Å². The summed E-state index contributed by atoms with van der Waals surface area (Å²) in [4.78, 5) is 0.0696. The highest BCUT2D eigenvalue weighted by Crippen LogP contribution is 2.24. The number of halogens is 2. The number of hydrogen-bond donors (Lipinski definition) is 2. The Morgan fingerprint density at radius 3 is 2.20 bits per heavy atom. The number of hydrogen-bond acceptors (Lipinski definition) is 3. The van der Waals surface area contributed by atoms with Crippen LogP contribution in [0, 0.1) is 13.8 Å². The van der Waals surface area contributed by atoms with Gasteiger partial charge in [-0.1, -0.05) is 6.92 Å². The van der Waals surface area contributed by atoms with E-state index < -0.39 is 23.0 Å². The van der Waals surface area contributed by atoms with Crippen LogP contribution in [-0.4, -0.2) is 27.9 Å². The second-order valence-electron chi connectivity index (χ2n) is 4.61. The summed E-state index contributed by atoms with van der Waals surface area (Å²) in [6.45, 7) is 5.24. The van der Waals surface area contributed by atoms with Crippen LogP contribution in [0.5, 0.6) is 0 Å². The van der Waals surface area contributed by atoms with Gasteiger partial charge in [-0.3, -0.25) is 0 Å². The molecule has 7 heteroatoms. The number of rotatable bonds is 7. The van der Waals surface area contributed by atoms with Crippen molar-refractivity contribution in [1.82, 2.24) is 4.72 Å². The molecule has 20 heavy (non-hydrogen) atoms. The lowest BCUT2D eigenvalue weighted by Crippen LogP contribution is -2.29. The Labute approximate surface area is 118 Å². The molecule has 0 saturated heterocycles. The van der Waals surface area contributed by atoms with Crippen LogP contribution in [0.4, 0.5) is 14.5 Å². The van der Waals surface area contributed by atoms with Crippen molar-refractivity contribution in [3.8, 4) is 0 Å². The highest BCUT2D eigenvalue weighted by molar-refractivity contribution is 7.89. The first-order chi connectivity index (χ1) is 9.27. The van der Waals surface area contributed by atoms with E-state index >= 15 is 0 Å². The third kappa shape index (κ3) is 4.42. The Hall–Kier alpha value is -1.21. The highest BCUT2D eigenvalue weighted by atomic mass is 32.2. The average molecular weight is 306 g/mol. The molecule has 0 aliphatic rings. The van der Waals surface area contributed by atoms with E-state index in [-0.39, 0.29) is 4.90 Å². The minimum atomic E-state index is -3.91. The van der Waals surface area contributed by atoms with Gasteiger partial charge in [0.2, 0.25) is 10.0 Å². The Kier molecular flexibility index (Phi) is 5.88. The quantitative estimate of drug-likeness (QED) is 0.814. The molecular formula is C13H20F2N2O2S. The lowest BCUT2D eigenvalue weighted by atomic mass is 10.1. The number of nitrogens with one attached hydrogen (secondary N) is 2. The zero-order valence-corrected chi connectivity index (χ0v) is 12.7. The molecule has 0 heterocycles. The first kappa shape index (κ1) is 16.8. The van der Waals surface area contributed by atoms with Crippen LogP contribution in [0.2, 0.25) is 0 Å². The minimum Gasteiger partial charge on any atom is -0.385 e. The maximum absolute atomic E-state index is 12.1. The van der Waals surface area contributed by atoms with Gasteiger partial charge >= 0.3 is 0 Å². The van der Waals surface area contributed by atoms with E-state index in [1.165, 1.54) is 0 Å². The lowest BCUT2D eigenvalue weighted by molar-refractivity contribution is 0.153. The standard InChI is InChI=1S/C13H20F2N2O2S/c1-4-5-16-11-6-9(2)13(10(3)7-11)20(18,19)17-8-12(14)15/h6-7,12,16-17H,4-5,8H2,1-3H3. The summed E-state index contributed by atoms with van der Waals surface area (Å²) in [6.07, 6.45) is -1.76. The number of sulfonamides is 1. The predicted molar refractivity (Wildman–Crippen MR) is 75.9 cm³/mol. The molecule has 0 saturated carbocycles. The molecule has 0 spiro atoms. The second kappa shape index (κ2) is 6.99. The molecule has 0 bridgehead atoms. The molecule has 0 unspecified atom stereocenters. The van der Waals surface area contributed by atoms with Crippen LogP contribution in [0.1, 0.15) is 24.5 Å². The molecule has 0 amide bonds. The molecular weight excluding hydrogens is 286 g/mol. The van der Waals surface area contributed by atoms with Crippen molar-refractivity contribution < 1.29 is 17.2 Å². The maximum Gasteiger partial charge on any atom is 0.251 e. The third-order valence-electron chi connectivity index (χ3n) is 2.74. The molecule has 0 fully saturated rings. The van der Waals surface area contributed by atoms with Gasteiger partial charge in [-0.25, -0.2) is 21.9 Å². The summed E-state index contributed by atoms with van der Waals surface area (Å²) >= 11 is 0. The predicted octanol–water partition coefficient (Wildman–Crippen LogP) is 2.67. The van der Waals surface area contributed by atoms with Gasteiger partial charge in [0.25, 0.3) is 6.43 Å². The summed E-state index contributed by atoms with van der Waals surface area (Å²) in [7, 11) is -3.91. The van der Waals surface area contributed by atoms with E-state index in [2.05, 4.69) is 5.32 Å². The molecule has 0 aliphatic heterocycles. The van der Waals surface area contributed by atoms with Gasteiger partial charge in [0.05, 0.1) is 11.4 Å². The number of alkyl halides is 2. The fourth-order valence-electron chi connectivity index (χ4n) is 1.99. The molecule has 1 aromatic carbocycles. The lowest BCUT2D eigenvalue weighted by Gasteiger charge is -2.14. The molecule has 2 N–H and O–H groups in total. The van der Waals surface area contributed by atoms with Crippen LogP contribution < -0.4 is 10.0 Å². The molecule has 0 radical (unpaired) electrons. The van der Waals surface area contributed by atoms with Crippen molar-refractivity contribution in [2.45, 2.75) is 38.5 Å². The van der Waals surface area contributed by atoms with Crippen molar-refractivity contribution in [2.24, 2.45) is 0 Å². The van der Waals surface area contributed by atoms with E-state index in [1.807, 2.05) is 11.6 Å². The molecule has 4 nitrogen and oxygen atoms in total. The smallest absolute Gasteiger partial charge is 0.251 e. The van der Waals surface area contributed by atoms with Gasteiger partial charge in [-0.05, 0) is 43.5 Å². The van der Waals surface area contributed by atoms with Gasteiger partial charge in [-0.2, -0.15) is 0 Å². The summed E-state index contributed by atoms with van der Waals surface area (Å²) in [5, 5.41) is 3.17. The molecule has 0 aliphatic carbocycles. The molecule has 1 aromatic rings. The van der Waals surface area contributed by atoms with Crippen molar-refractivity contribution in [1.29, 1.82) is 0 Å². The maximum atomic E-state index is 12.1. The Balaban J connectivity index is 3.07. The first-order valence-electron chi connectivity index (χ1n) is 6.41. The Morgan fingerprint density at radius 1 is 1.20 bits per heavy atom. The monoisotopic (exact) mass is 306 g/mol. The fourth-order valence-corrected chi connectivity index (χ4v) is 3.45. The number of benzene rings is 1. The second-order valence-corrected chi connectivity index (χ2v) is 6.31. The SMILES string of the molecule is CCCNc1cc(C)c(S(=O)(=O)NCC(F)F)c(C)c1. The fraction of sp³-hybridized carbons (Fsp3) is 0.538. The number of aryl methyl sites for hydroxylation is 2. The van der Waals surface area contributed by atoms with Crippen LogP contribution in [0.3, 0.4) is 0 Å². The van der Waals surface area contributed by atoms with E-state index in [0.717, 1.165) is 18.7 Å². The van der Waals surface area contributed by atoms with Crippen LogP contribution >= 0.6 is 0 Å². The van der Waals surface area contributed by atoms with Gasteiger partial charge in [0, 0.05) is 12.2 Å². The molecule has 1 rings (SSSR count). The van der Waals surface area contributed by atoms with Crippen LogP contribution in [-0.2, 0) is 10.0 Å². The van der Waals surface area contributed by atoms with Crippen molar-refractivity contribution >= 4 is 15.7 Å². The van der Waals surface area contributed by atoms with Crippen LogP contribution in [0.15, 0.2) is 17.0 Å². The average Bonchev–Trinajstić information content (AvgIpc) is 2.33. The molecule has 0 atom stereocenters. The van der Waals surface area contributed by atoms with Crippen LogP contribution in [0.25, 0.3) is 0 Å². The number of anilines is 1. The largest absolute Gasteiger partial charge is 0.385 e. The van der Waals surface area contributed by atoms with Crippen molar-refractivity contribution in [3.63, 3.8) is 0 Å².